The number of methoxy groups -OCH3 is 1. The molecule has 142 valence electrons. The van der Waals surface area contributed by atoms with Gasteiger partial charge in [-0.1, -0.05) is 41.6 Å². The average molecular weight is 376 g/mol. The van der Waals surface area contributed by atoms with Crippen LogP contribution in [0.2, 0.25) is 0 Å². The van der Waals surface area contributed by atoms with Gasteiger partial charge in [-0.05, 0) is 29.7 Å². The molecule has 28 heavy (non-hydrogen) atoms. The number of H-pyrrole nitrogens is 1. The van der Waals surface area contributed by atoms with Crippen LogP contribution < -0.4 is 10.1 Å². The van der Waals surface area contributed by atoms with Crippen molar-refractivity contribution in [3.8, 4) is 5.75 Å². The fourth-order valence-electron chi connectivity index (χ4n) is 3.16. The Kier molecular flexibility index (Phi) is 5.05. The highest BCUT2D eigenvalue weighted by molar-refractivity contribution is 5.89. The van der Waals surface area contributed by atoms with Crippen molar-refractivity contribution in [1.29, 1.82) is 0 Å². The number of hydrogen-bond acceptors (Lipinski definition) is 5. The monoisotopic (exact) mass is 376 g/mol. The molecular weight excluding hydrogens is 356 g/mol. The van der Waals surface area contributed by atoms with Crippen LogP contribution >= 0.6 is 0 Å². The van der Waals surface area contributed by atoms with Crippen LogP contribution in [0, 0.1) is 0 Å². The first kappa shape index (κ1) is 17.8. The van der Waals surface area contributed by atoms with E-state index in [0.717, 1.165) is 27.8 Å². The number of rotatable bonds is 7. The molecule has 0 spiro atoms. The lowest BCUT2D eigenvalue weighted by Gasteiger charge is -2.08. The van der Waals surface area contributed by atoms with Gasteiger partial charge >= 0.3 is 11.8 Å². The molecule has 0 aliphatic rings. The van der Waals surface area contributed by atoms with Crippen molar-refractivity contribution < 1.29 is 14.1 Å². The summed E-state index contributed by atoms with van der Waals surface area (Å²) >= 11 is 0. The van der Waals surface area contributed by atoms with Crippen LogP contribution in [0.15, 0.2) is 59.3 Å². The van der Waals surface area contributed by atoms with Crippen LogP contribution in [0.1, 0.15) is 27.6 Å². The number of carbonyl (C=O) groups excluding carboxylic acids is 1. The Morgan fingerprint density at radius 1 is 1.14 bits per heavy atom. The lowest BCUT2D eigenvalue weighted by molar-refractivity contribution is 0.0910. The Balaban J connectivity index is 1.36. The smallest absolute Gasteiger partial charge is 0.315 e. The Morgan fingerprint density at radius 2 is 1.96 bits per heavy atom. The quantitative estimate of drug-likeness (QED) is 0.517. The molecule has 2 aromatic carbocycles. The van der Waals surface area contributed by atoms with Crippen molar-refractivity contribution in [2.24, 2.45) is 0 Å². The van der Waals surface area contributed by atoms with Gasteiger partial charge in [0.2, 0.25) is 0 Å². The summed E-state index contributed by atoms with van der Waals surface area (Å²) in [7, 11) is 1.63. The van der Waals surface area contributed by atoms with Crippen LogP contribution in [0.25, 0.3) is 10.9 Å². The van der Waals surface area contributed by atoms with E-state index in [1.54, 1.807) is 7.11 Å². The number of nitrogens with zero attached hydrogens (tertiary/aromatic N) is 2. The zero-order valence-electron chi connectivity index (χ0n) is 15.4. The van der Waals surface area contributed by atoms with Crippen LogP contribution in [0.5, 0.6) is 5.75 Å². The molecule has 0 fully saturated rings. The SMILES string of the molecule is COc1ccccc1CCNC(=O)c1nc(Cc2c[nH]c3ccccc23)no1. The number of hydrogen-bond donors (Lipinski definition) is 2. The molecule has 2 aromatic heterocycles. The minimum absolute atomic E-state index is 0.0325. The molecule has 7 heteroatoms. The molecule has 4 rings (SSSR count). The van der Waals surface area contributed by atoms with Crippen molar-refractivity contribution in [1.82, 2.24) is 20.4 Å². The van der Waals surface area contributed by atoms with Crippen LogP contribution in [0.4, 0.5) is 0 Å². The second kappa shape index (κ2) is 7.96. The highest BCUT2D eigenvalue weighted by Crippen LogP contribution is 2.20. The van der Waals surface area contributed by atoms with Crippen molar-refractivity contribution in [2.45, 2.75) is 12.8 Å². The molecule has 0 aliphatic carbocycles. The van der Waals surface area contributed by atoms with Crippen molar-refractivity contribution in [3.63, 3.8) is 0 Å². The van der Waals surface area contributed by atoms with Gasteiger partial charge in [-0.3, -0.25) is 4.79 Å². The van der Waals surface area contributed by atoms with Crippen LogP contribution in [-0.2, 0) is 12.8 Å². The molecule has 0 atom stereocenters. The van der Waals surface area contributed by atoms with E-state index in [2.05, 4.69) is 20.4 Å². The predicted octanol–water partition coefficient (Wildman–Crippen LogP) is 3.12. The number of nitrogens with one attached hydrogen (secondary N) is 2. The van der Waals surface area contributed by atoms with Gasteiger partial charge < -0.3 is 19.6 Å². The van der Waals surface area contributed by atoms with Crippen molar-refractivity contribution in [2.75, 3.05) is 13.7 Å². The molecule has 0 saturated heterocycles. The Hall–Kier alpha value is -3.61. The fraction of sp³-hybridized carbons (Fsp3) is 0.190. The number of amides is 1. The molecule has 0 aliphatic heterocycles. The first-order valence-electron chi connectivity index (χ1n) is 9.02. The summed E-state index contributed by atoms with van der Waals surface area (Å²) in [5.41, 5.74) is 3.13. The summed E-state index contributed by atoms with van der Waals surface area (Å²) in [5.74, 6) is 0.859. The topological polar surface area (TPSA) is 93.0 Å². The van der Waals surface area contributed by atoms with Crippen molar-refractivity contribution in [3.05, 3.63) is 77.6 Å². The zero-order chi connectivity index (χ0) is 19.3. The standard InChI is InChI=1S/C21H20N4O3/c1-27-18-9-5-2-6-14(18)10-11-22-20(26)21-24-19(25-28-21)12-15-13-23-17-8-4-3-7-16(15)17/h2-9,13,23H,10-12H2,1H3,(H,22,26). The van der Waals surface area contributed by atoms with Gasteiger partial charge in [0.25, 0.3) is 0 Å². The average Bonchev–Trinajstić information content (AvgIpc) is 3.36. The normalized spacial score (nSPS) is 10.9. The highest BCUT2D eigenvalue weighted by atomic mass is 16.5. The van der Waals surface area contributed by atoms with Gasteiger partial charge in [0.1, 0.15) is 5.75 Å². The number of aromatic nitrogens is 3. The van der Waals surface area contributed by atoms with Crippen LogP contribution in [-0.4, -0.2) is 34.7 Å². The van der Waals surface area contributed by atoms with Gasteiger partial charge in [-0.25, -0.2) is 0 Å². The Bertz CT molecular complexity index is 1100. The summed E-state index contributed by atoms with van der Waals surface area (Å²) in [6, 6.07) is 15.7. The van der Waals surface area contributed by atoms with E-state index < -0.39 is 0 Å². The summed E-state index contributed by atoms with van der Waals surface area (Å²) in [4.78, 5) is 19.7. The largest absolute Gasteiger partial charge is 0.496 e. The number of ether oxygens (including phenoxy) is 1. The summed E-state index contributed by atoms with van der Waals surface area (Å²) in [6.45, 7) is 0.444. The van der Waals surface area contributed by atoms with Gasteiger partial charge in [-0.2, -0.15) is 4.98 Å². The number of fused-ring (bicyclic) bond motifs is 1. The lowest BCUT2D eigenvalue weighted by atomic mass is 10.1. The molecule has 0 saturated carbocycles. The second-order valence-corrected chi connectivity index (χ2v) is 6.37. The predicted molar refractivity (Wildman–Crippen MR) is 104 cm³/mol. The molecule has 4 aromatic rings. The van der Waals surface area contributed by atoms with E-state index in [1.807, 2.05) is 54.7 Å². The fourth-order valence-corrected chi connectivity index (χ4v) is 3.16. The van der Waals surface area contributed by atoms with Gasteiger partial charge in [0.05, 0.1) is 7.11 Å². The third kappa shape index (κ3) is 3.73. The molecule has 1 amide bonds. The Labute approximate surface area is 161 Å². The van der Waals surface area contributed by atoms with E-state index in [-0.39, 0.29) is 11.8 Å². The maximum Gasteiger partial charge on any atom is 0.315 e. The van der Waals surface area contributed by atoms with Gasteiger partial charge in [-0.15, -0.1) is 0 Å². The number of carbonyl (C=O) groups is 1. The maximum atomic E-state index is 12.3. The van der Waals surface area contributed by atoms with Gasteiger partial charge in [0.15, 0.2) is 5.82 Å². The van der Waals surface area contributed by atoms with E-state index in [0.29, 0.717) is 25.2 Å². The summed E-state index contributed by atoms with van der Waals surface area (Å²) in [6.07, 6.45) is 3.06. The zero-order valence-corrected chi connectivity index (χ0v) is 15.4. The van der Waals surface area contributed by atoms with E-state index in [1.165, 1.54) is 0 Å². The van der Waals surface area contributed by atoms with Crippen molar-refractivity contribution >= 4 is 16.8 Å². The van der Waals surface area contributed by atoms with Gasteiger partial charge in [0, 0.05) is 30.1 Å². The third-order valence-electron chi connectivity index (χ3n) is 4.56. The number of aromatic amines is 1. The van der Waals surface area contributed by atoms with E-state index in [9.17, 15) is 4.79 Å². The minimum Gasteiger partial charge on any atom is -0.496 e. The van der Waals surface area contributed by atoms with E-state index >= 15 is 0 Å². The number of para-hydroxylation sites is 2. The van der Waals surface area contributed by atoms with Crippen LogP contribution in [0.3, 0.4) is 0 Å². The third-order valence-corrected chi connectivity index (χ3v) is 4.56. The molecule has 7 nitrogen and oxygen atoms in total. The van der Waals surface area contributed by atoms with E-state index in [4.69, 9.17) is 9.26 Å². The summed E-state index contributed by atoms with van der Waals surface area (Å²) in [5, 5.41) is 7.84. The molecule has 0 unspecified atom stereocenters. The highest BCUT2D eigenvalue weighted by Gasteiger charge is 2.16. The summed E-state index contributed by atoms with van der Waals surface area (Å²) < 4.78 is 10.4. The molecule has 0 bridgehead atoms. The first-order valence-corrected chi connectivity index (χ1v) is 9.02. The first-order chi connectivity index (χ1) is 13.7. The lowest BCUT2D eigenvalue weighted by Crippen LogP contribution is -2.26. The maximum absolute atomic E-state index is 12.3. The molecular formula is C21H20N4O3. The molecule has 0 radical (unpaired) electrons. The molecule has 2 N–H and O–H groups in total. The number of benzene rings is 2. The second-order valence-electron chi connectivity index (χ2n) is 6.37. The minimum atomic E-state index is -0.382. The molecule has 2 heterocycles. The Morgan fingerprint density at radius 3 is 2.86 bits per heavy atom.